The van der Waals surface area contributed by atoms with Crippen LogP contribution in [0.4, 0.5) is 0 Å². The summed E-state index contributed by atoms with van der Waals surface area (Å²) in [4.78, 5) is 10.2. The lowest BCUT2D eigenvalue weighted by molar-refractivity contribution is -0.110. The zero-order chi connectivity index (χ0) is 9.52. The van der Waals surface area contributed by atoms with Crippen LogP contribution in [0.15, 0.2) is 0 Å². The number of rotatable bonds is 5. The van der Waals surface area contributed by atoms with E-state index < -0.39 is 0 Å². The molecule has 0 aliphatic heterocycles. The first-order valence-electron chi connectivity index (χ1n) is 5.14. The van der Waals surface area contributed by atoms with Gasteiger partial charge in [0, 0.05) is 19.3 Å². The minimum Gasteiger partial charge on any atom is -0.381 e. The van der Waals surface area contributed by atoms with Gasteiger partial charge in [0.25, 0.3) is 0 Å². The van der Waals surface area contributed by atoms with Gasteiger partial charge in [-0.2, -0.15) is 0 Å². The Bertz CT molecular complexity index is 142. The van der Waals surface area contributed by atoms with Gasteiger partial charge in [-0.3, -0.25) is 4.79 Å². The molecule has 0 aromatic carbocycles. The largest absolute Gasteiger partial charge is 0.381 e. The summed E-state index contributed by atoms with van der Waals surface area (Å²) in [7, 11) is 0. The van der Waals surface area contributed by atoms with E-state index >= 15 is 0 Å². The summed E-state index contributed by atoms with van der Waals surface area (Å²) in [5, 5.41) is 2.84. The minimum absolute atomic E-state index is 0.412. The highest BCUT2D eigenvalue weighted by atomic mass is 16.5. The molecule has 0 unspecified atom stereocenters. The molecule has 1 aliphatic carbocycles. The summed E-state index contributed by atoms with van der Waals surface area (Å²) in [6, 6.07) is 0.412. The van der Waals surface area contributed by atoms with Crippen molar-refractivity contribution >= 4 is 6.41 Å². The van der Waals surface area contributed by atoms with Crippen molar-refractivity contribution < 1.29 is 9.53 Å². The quantitative estimate of drug-likeness (QED) is 0.656. The first-order chi connectivity index (χ1) is 6.36. The lowest BCUT2D eigenvalue weighted by atomic mass is 9.87. The second-order valence-corrected chi connectivity index (χ2v) is 3.66. The van der Waals surface area contributed by atoms with E-state index in [0.717, 1.165) is 32.5 Å². The average molecular weight is 185 g/mol. The maximum absolute atomic E-state index is 10.2. The number of carbonyl (C=O) groups is 1. The molecule has 0 aromatic rings. The Morgan fingerprint density at radius 1 is 1.38 bits per heavy atom. The Hall–Kier alpha value is -0.570. The highest BCUT2D eigenvalue weighted by Gasteiger charge is 2.20. The number of hydrogen-bond donors (Lipinski definition) is 1. The number of carbonyl (C=O) groups excluding carboxylic acids is 1. The first kappa shape index (κ1) is 10.5. The molecule has 1 amide bonds. The van der Waals surface area contributed by atoms with Crippen LogP contribution >= 0.6 is 0 Å². The van der Waals surface area contributed by atoms with Crippen LogP contribution < -0.4 is 5.32 Å². The van der Waals surface area contributed by atoms with E-state index in [4.69, 9.17) is 4.74 Å². The fourth-order valence-corrected chi connectivity index (χ4v) is 1.88. The van der Waals surface area contributed by atoms with Gasteiger partial charge in [-0.25, -0.2) is 0 Å². The van der Waals surface area contributed by atoms with E-state index in [1.807, 2.05) is 6.92 Å². The Morgan fingerprint density at radius 3 is 2.62 bits per heavy atom. The number of ether oxygens (including phenoxy) is 1. The van der Waals surface area contributed by atoms with Crippen LogP contribution in [-0.2, 0) is 9.53 Å². The average Bonchev–Trinajstić information content (AvgIpc) is 2.17. The second-order valence-electron chi connectivity index (χ2n) is 3.66. The molecule has 0 atom stereocenters. The van der Waals surface area contributed by atoms with Crippen LogP contribution in [0, 0.1) is 5.92 Å². The molecule has 1 N–H and O–H groups in total. The van der Waals surface area contributed by atoms with Gasteiger partial charge in [0.15, 0.2) is 0 Å². The van der Waals surface area contributed by atoms with Crippen LogP contribution in [0.2, 0.25) is 0 Å². The van der Waals surface area contributed by atoms with Crippen LogP contribution in [0.3, 0.4) is 0 Å². The molecule has 0 saturated heterocycles. The normalized spacial score (nSPS) is 28.4. The highest BCUT2D eigenvalue weighted by Crippen LogP contribution is 2.24. The number of amides is 1. The summed E-state index contributed by atoms with van der Waals surface area (Å²) in [5.41, 5.74) is 0. The van der Waals surface area contributed by atoms with Crippen molar-refractivity contribution in [2.45, 2.75) is 38.6 Å². The Morgan fingerprint density at radius 2 is 2.08 bits per heavy atom. The molecule has 1 aliphatic rings. The zero-order valence-electron chi connectivity index (χ0n) is 8.29. The molecule has 0 bridgehead atoms. The summed E-state index contributed by atoms with van der Waals surface area (Å²) >= 11 is 0. The van der Waals surface area contributed by atoms with E-state index in [0.29, 0.717) is 12.0 Å². The van der Waals surface area contributed by atoms with Gasteiger partial charge in [-0.15, -0.1) is 0 Å². The Balaban J connectivity index is 2.11. The molecule has 0 spiro atoms. The Labute approximate surface area is 79.8 Å². The minimum atomic E-state index is 0.412. The van der Waals surface area contributed by atoms with Gasteiger partial charge in [0.2, 0.25) is 6.41 Å². The van der Waals surface area contributed by atoms with Crippen LogP contribution in [0.1, 0.15) is 32.6 Å². The molecule has 3 heteroatoms. The van der Waals surface area contributed by atoms with Crippen molar-refractivity contribution in [1.82, 2.24) is 5.32 Å². The van der Waals surface area contributed by atoms with Crippen molar-refractivity contribution in [3.05, 3.63) is 0 Å². The molecule has 0 heterocycles. The molecule has 1 rings (SSSR count). The summed E-state index contributed by atoms with van der Waals surface area (Å²) < 4.78 is 5.38. The zero-order valence-corrected chi connectivity index (χ0v) is 8.29. The topological polar surface area (TPSA) is 38.3 Å². The molecule has 3 nitrogen and oxygen atoms in total. The van der Waals surface area contributed by atoms with E-state index in [2.05, 4.69) is 5.32 Å². The highest BCUT2D eigenvalue weighted by molar-refractivity contribution is 5.46. The maximum Gasteiger partial charge on any atom is 0.207 e. The molecule has 13 heavy (non-hydrogen) atoms. The number of nitrogens with one attached hydrogen (secondary N) is 1. The summed E-state index contributed by atoms with van der Waals surface area (Å²) in [6.07, 6.45) is 5.40. The van der Waals surface area contributed by atoms with E-state index in [9.17, 15) is 4.79 Å². The van der Waals surface area contributed by atoms with Crippen LogP contribution in [0.5, 0.6) is 0 Å². The first-order valence-corrected chi connectivity index (χ1v) is 5.14. The van der Waals surface area contributed by atoms with Gasteiger partial charge in [0.05, 0.1) is 0 Å². The number of hydrogen-bond acceptors (Lipinski definition) is 2. The third kappa shape index (κ3) is 3.77. The Kier molecular flexibility index (Phi) is 4.83. The van der Waals surface area contributed by atoms with E-state index in [1.165, 1.54) is 12.8 Å². The maximum atomic E-state index is 10.2. The second kappa shape index (κ2) is 5.97. The third-order valence-corrected chi connectivity index (χ3v) is 2.71. The van der Waals surface area contributed by atoms with E-state index in [-0.39, 0.29) is 0 Å². The molecule has 1 fully saturated rings. The van der Waals surface area contributed by atoms with Gasteiger partial charge in [0.1, 0.15) is 0 Å². The smallest absolute Gasteiger partial charge is 0.207 e. The lowest BCUT2D eigenvalue weighted by Crippen LogP contribution is -2.33. The summed E-state index contributed by atoms with van der Waals surface area (Å²) in [5.74, 6) is 0.713. The fraction of sp³-hybridized carbons (Fsp3) is 0.900. The fourth-order valence-electron chi connectivity index (χ4n) is 1.88. The SMILES string of the molecule is CCOCC1CCC(NC=O)CC1. The third-order valence-electron chi connectivity index (χ3n) is 2.71. The lowest BCUT2D eigenvalue weighted by Gasteiger charge is -2.27. The van der Waals surface area contributed by atoms with Crippen molar-refractivity contribution in [3.8, 4) is 0 Å². The standard InChI is InChI=1S/C10H19NO2/c1-2-13-7-9-3-5-10(6-4-9)11-8-12/h8-10H,2-7H2,1H3,(H,11,12). The molecule has 0 radical (unpaired) electrons. The van der Waals surface area contributed by atoms with Gasteiger partial charge < -0.3 is 10.1 Å². The molecule has 76 valence electrons. The van der Waals surface area contributed by atoms with Gasteiger partial charge in [-0.1, -0.05) is 0 Å². The predicted molar refractivity (Wildman–Crippen MR) is 51.4 cm³/mol. The van der Waals surface area contributed by atoms with Gasteiger partial charge in [-0.05, 0) is 38.5 Å². The van der Waals surface area contributed by atoms with Gasteiger partial charge >= 0.3 is 0 Å². The predicted octanol–water partition coefficient (Wildman–Crippen LogP) is 1.33. The molecule has 1 saturated carbocycles. The van der Waals surface area contributed by atoms with Crippen LogP contribution in [0.25, 0.3) is 0 Å². The van der Waals surface area contributed by atoms with E-state index in [1.54, 1.807) is 0 Å². The monoisotopic (exact) mass is 185 g/mol. The van der Waals surface area contributed by atoms with Crippen molar-refractivity contribution in [2.75, 3.05) is 13.2 Å². The molecular weight excluding hydrogens is 166 g/mol. The van der Waals surface area contributed by atoms with Crippen molar-refractivity contribution in [1.29, 1.82) is 0 Å². The van der Waals surface area contributed by atoms with Crippen LogP contribution in [-0.4, -0.2) is 25.7 Å². The van der Waals surface area contributed by atoms with Crippen molar-refractivity contribution in [2.24, 2.45) is 5.92 Å². The summed E-state index contributed by atoms with van der Waals surface area (Å²) in [6.45, 7) is 3.73. The molecule has 0 aromatic heterocycles. The van der Waals surface area contributed by atoms with Crippen molar-refractivity contribution in [3.63, 3.8) is 0 Å². The molecular formula is C10H19NO2.